The second-order valence-corrected chi connectivity index (χ2v) is 7.42. The molecule has 0 atom stereocenters. The van der Waals surface area contributed by atoms with Crippen molar-refractivity contribution in [2.75, 3.05) is 0 Å². The van der Waals surface area contributed by atoms with E-state index in [0.717, 1.165) is 11.1 Å². The predicted octanol–water partition coefficient (Wildman–Crippen LogP) is 6.10. The number of nitrogens with zero attached hydrogens (tertiary/aromatic N) is 1. The van der Waals surface area contributed by atoms with Crippen molar-refractivity contribution in [1.29, 1.82) is 0 Å². The summed E-state index contributed by atoms with van der Waals surface area (Å²) in [6.07, 6.45) is 1.54. The first-order valence-electron chi connectivity index (χ1n) is 8.28. The topological polar surface area (TPSA) is 50.7 Å². The van der Waals surface area contributed by atoms with E-state index in [1.807, 2.05) is 36.4 Å². The molecule has 0 saturated heterocycles. The van der Waals surface area contributed by atoms with Crippen LogP contribution in [0.4, 0.5) is 0 Å². The van der Waals surface area contributed by atoms with E-state index in [1.165, 1.54) is 0 Å². The number of hydrogen-bond acceptors (Lipinski definition) is 3. The minimum absolute atomic E-state index is 0.307. The van der Waals surface area contributed by atoms with Crippen LogP contribution in [0, 0.1) is 0 Å². The molecule has 0 aliphatic carbocycles. The van der Waals surface area contributed by atoms with Crippen LogP contribution in [0.2, 0.25) is 10.0 Å². The largest absolute Gasteiger partial charge is 0.488 e. The molecule has 1 amide bonds. The molecule has 0 radical (unpaired) electrons. The zero-order valence-corrected chi connectivity index (χ0v) is 17.6. The van der Waals surface area contributed by atoms with Crippen molar-refractivity contribution in [2.24, 2.45) is 5.10 Å². The lowest BCUT2D eigenvalue weighted by Crippen LogP contribution is -2.18. The predicted molar refractivity (Wildman–Crippen MR) is 116 cm³/mol. The summed E-state index contributed by atoms with van der Waals surface area (Å²) in [6, 6.07) is 19.9. The van der Waals surface area contributed by atoms with Crippen molar-refractivity contribution in [1.82, 2.24) is 5.43 Å². The van der Waals surface area contributed by atoms with Gasteiger partial charge in [-0.3, -0.25) is 4.79 Å². The first kappa shape index (κ1) is 20.4. The Labute approximate surface area is 181 Å². The van der Waals surface area contributed by atoms with Gasteiger partial charge in [0.05, 0.1) is 21.8 Å². The van der Waals surface area contributed by atoms with Gasteiger partial charge in [0.1, 0.15) is 12.4 Å². The number of ether oxygens (including phenoxy) is 1. The number of benzene rings is 3. The molecule has 0 bridgehead atoms. The summed E-state index contributed by atoms with van der Waals surface area (Å²) in [5.41, 5.74) is 4.64. The molecule has 0 saturated carbocycles. The second kappa shape index (κ2) is 9.73. The van der Waals surface area contributed by atoms with Crippen LogP contribution in [0.3, 0.4) is 0 Å². The quantitative estimate of drug-likeness (QED) is 0.344. The van der Waals surface area contributed by atoms with Gasteiger partial charge in [-0.05, 0) is 57.9 Å². The molecule has 0 spiro atoms. The third kappa shape index (κ3) is 5.35. The van der Waals surface area contributed by atoms with Gasteiger partial charge in [-0.15, -0.1) is 0 Å². The molecule has 1 N–H and O–H groups in total. The van der Waals surface area contributed by atoms with Crippen molar-refractivity contribution in [3.63, 3.8) is 0 Å². The van der Waals surface area contributed by atoms with Crippen LogP contribution in [0.15, 0.2) is 76.3 Å². The zero-order chi connectivity index (χ0) is 19.9. The first-order chi connectivity index (χ1) is 13.5. The molecule has 0 aliphatic rings. The maximum absolute atomic E-state index is 12.2. The number of amides is 1. The summed E-state index contributed by atoms with van der Waals surface area (Å²) in [5.74, 6) is 0.324. The summed E-state index contributed by atoms with van der Waals surface area (Å²) >= 11 is 15.3. The van der Waals surface area contributed by atoms with Gasteiger partial charge in [-0.2, -0.15) is 5.10 Å². The molecule has 3 aromatic carbocycles. The highest BCUT2D eigenvalue weighted by atomic mass is 79.9. The SMILES string of the molecule is O=C(N/N=C\c1ccccc1OCc1ccc(Cl)c(Cl)c1)c1ccccc1Br. The van der Waals surface area contributed by atoms with Crippen LogP contribution in [0.1, 0.15) is 21.5 Å². The Bertz CT molecular complexity index is 1020. The summed E-state index contributed by atoms with van der Waals surface area (Å²) in [4.78, 5) is 12.2. The fraction of sp³-hybridized carbons (Fsp3) is 0.0476. The van der Waals surface area contributed by atoms with Crippen molar-refractivity contribution in [3.8, 4) is 5.75 Å². The highest BCUT2D eigenvalue weighted by Crippen LogP contribution is 2.24. The van der Waals surface area contributed by atoms with E-state index < -0.39 is 0 Å². The third-order valence-electron chi connectivity index (χ3n) is 3.79. The van der Waals surface area contributed by atoms with Gasteiger partial charge in [0, 0.05) is 10.0 Å². The molecular weight excluding hydrogens is 463 g/mol. The number of para-hydroxylation sites is 1. The molecule has 0 aromatic heterocycles. The summed E-state index contributed by atoms with van der Waals surface area (Å²) in [6.45, 7) is 0.324. The summed E-state index contributed by atoms with van der Waals surface area (Å²) < 4.78 is 6.57. The Morgan fingerprint density at radius 3 is 2.57 bits per heavy atom. The highest BCUT2D eigenvalue weighted by Gasteiger charge is 2.08. The van der Waals surface area contributed by atoms with Crippen molar-refractivity contribution in [2.45, 2.75) is 6.61 Å². The fourth-order valence-electron chi connectivity index (χ4n) is 2.38. The number of carbonyl (C=O) groups is 1. The lowest BCUT2D eigenvalue weighted by molar-refractivity contribution is 0.0954. The minimum atomic E-state index is -0.307. The maximum atomic E-state index is 12.2. The minimum Gasteiger partial charge on any atom is -0.488 e. The van der Waals surface area contributed by atoms with Crippen LogP contribution in [0.5, 0.6) is 5.75 Å². The summed E-state index contributed by atoms with van der Waals surface area (Å²) in [5, 5.41) is 5.01. The van der Waals surface area contributed by atoms with E-state index in [-0.39, 0.29) is 5.91 Å². The van der Waals surface area contributed by atoms with E-state index in [4.69, 9.17) is 27.9 Å². The van der Waals surface area contributed by atoms with Gasteiger partial charge in [0.2, 0.25) is 0 Å². The van der Waals surface area contributed by atoms with Crippen LogP contribution in [-0.4, -0.2) is 12.1 Å². The Kier molecular flexibility index (Phi) is 7.09. The smallest absolute Gasteiger partial charge is 0.272 e. The molecular formula is C21H15BrCl2N2O2. The zero-order valence-electron chi connectivity index (χ0n) is 14.5. The molecule has 0 heterocycles. The first-order valence-corrected chi connectivity index (χ1v) is 9.83. The van der Waals surface area contributed by atoms with E-state index in [2.05, 4.69) is 26.5 Å². The van der Waals surface area contributed by atoms with Crippen molar-refractivity contribution >= 4 is 51.3 Å². The number of carbonyl (C=O) groups excluding carboxylic acids is 1. The van der Waals surface area contributed by atoms with Crippen molar-refractivity contribution < 1.29 is 9.53 Å². The molecule has 0 fully saturated rings. The Balaban J connectivity index is 1.66. The number of hydrazone groups is 1. The molecule has 0 unspecified atom stereocenters. The van der Waals surface area contributed by atoms with Gasteiger partial charge in [0.15, 0.2) is 0 Å². The van der Waals surface area contributed by atoms with Gasteiger partial charge in [0.25, 0.3) is 5.91 Å². The molecule has 7 heteroatoms. The monoisotopic (exact) mass is 476 g/mol. The molecule has 28 heavy (non-hydrogen) atoms. The van der Waals surface area contributed by atoms with Crippen LogP contribution in [0.25, 0.3) is 0 Å². The molecule has 4 nitrogen and oxygen atoms in total. The lowest BCUT2D eigenvalue weighted by Gasteiger charge is -2.09. The molecule has 3 rings (SSSR count). The van der Waals surface area contributed by atoms with Gasteiger partial charge >= 0.3 is 0 Å². The highest BCUT2D eigenvalue weighted by molar-refractivity contribution is 9.10. The van der Waals surface area contributed by atoms with E-state index >= 15 is 0 Å². The lowest BCUT2D eigenvalue weighted by atomic mass is 10.2. The maximum Gasteiger partial charge on any atom is 0.272 e. The third-order valence-corrected chi connectivity index (χ3v) is 5.22. The Hall–Kier alpha value is -2.34. The number of hydrogen-bond donors (Lipinski definition) is 1. The average Bonchev–Trinajstić information content (AvgIpc) is 2.70. The molecule has 142 valence electrons. The second-order valence-electron chi connectivity index (χ2n) is 5.75. The van der Waals surface area contributed by atoms with Crippen LogP contribution in [-0.2, 0) is 6.61 Å². The molecule has 3 aromatic rings. The normalized spacial score (nSPS) is 10.8. The number of halogens is 3. The standard InChI is InChI=1S/C21H15BrCl2N2O2/c22-17-7-3-2-6-16(17)21(27)26-25-12-15-5-1-4-8-20(15)28-13-14-9-10-18(23)19(24)11-14/h1-12H,13H2,(H,26,27)/b25-12-. The van der Waals surface area contributed by atoms with Gasteiger partial charge in [-0.1, -0.05) is 53.5 Å². The molecule has 0 aliphatic heterocycles. The van der Waals surface area contributed by atoms with Crippen molar-refractivity contribution in [3.05, 3.63) is 97.9 Å². The van der Waals surface area contributed by atoms with Gasteiger partial charge in [-0.25, -0.2) is 5.43 Å². The fourth-order valence-corrected chi connectivity index (χ4v) is 3.16. The average molecular weight is 478 g/mol. The Morgan fingerprint density at radius 2 is 1.79 bits per heavy atom. The van der Waals surface area contributed by atoms with Crippen LogP contribution >= 0.6 is 39.1 Å². The number of rotatable bonds is 6. The number of nitrogens with one attached hydrogen (secondary N) is 1. The van der Waals surface area contributed by atoms with E-state index in [0.29, 0.717) is 32.4 Å². The van der Waals surface area contributed by atoms with E-state index in [1.54, 1.807) is 36.5 Å². The van der Waals surface area contributed by atoms with Crippen LogP contribution < -0.4 is 10.2 Å². The summed E-state index contributed by atoms with van der Waals surface area (Å²) in [7, 11) is 0. The Morgan fingerprint density at radius 1 is 1.04 bits per heavy atom. The van der Waals surface area contributed by atoms with E-state index in [9.17, 15) is 4.79 Å². The van der Waals surface area contributed by atoms with Gasteiger partial charge < -0.3 is 4.74 Å².